The van der Waals surface area contributed by atoms with Crippen molar-refractivity contribution >= 4 is 17.6 Å². The van der Waals surface area contributed by atoms with E-state index in [1.807, 2.05) is 25.1 Å². The third-order valence-electron chi connectivity index (χ3n) is 2.81. The minimum Gasteiger partial charge on any atom is -0.481 e. The minimum atomic E-state index is -0.899. The molecule has 0 saturated carbocycles. The van der Waals surface area contributed by atoms with Crippen molar-refractivity contribution < 1.29 is 9.90 Å². The molecule has 1 atom stereocenters. The highest BCUT2D eigenvalue weighted by molar-refractivity contribution is 6.33. The lowest BCUT2D eigenvalue weighted by Crippen LogP contribution is -2.13. The third kappa shape index (κ3) is 2.73. The van der Waals surface area contributed by atoms with Gasteiger partial charge in [-0.15, -0.1) is 5.10 Å². The van der Waals surface area contributed by atoms with Gasteiger partial charge in [-0.05, 0) is 35.9 Å². The van der Waals surface area contributed by atoms with Crippen molar-refractivity contribution in [1.82, 2.24) is 20.2 Å². The van der Waals surface area contributed by atoms with Crippen LogP contribution < -0.4 is 0 Å². The maximum Gasteiger partial charge on any atom is 0.305 e. The summed E-state index contributed by atoms with van der Waals surface area (Å²) in [5.41, 5.74) is 1.61. The maximum absolute atomic E-state index is 10.8. The summed E-state index contributed by atoms with van der Waals surface area (Å²) in [6, 6.07) is 5.21. The van der Waals surface area contributed by atoms with Gasteiger partial charge in [-0.1, -0.05) is 23.7 Å². The normalized spacial score (nSPS) is 12.4. The molecule has 0 aliphatic rings. The Bertz CT molecular complexity index is 612. The number of hydrogen-bond donors (Lipinski definition) is 1. The number of hydrogen-bond acceptors (Lipinski definition) is 4. The van der Waals surface area contributed by atoms with Gasteiger partial charge in [0.2, 0.25) is 0 Å². The second-order valence-electron chi connectivity index (χ2n) is 4.33. The van der Waals surface area contributed by atoms with Crippen molar-refractivity contribution in [2.45, 2.75) is 26.3 Å². The standard InChI is InChI=1S/C12H13ClN4O2/c1-7-4-3-5-9(11(7)13)12-14-15-16-17(12)8(2)6-10(18)19/h3-5,8H,6H2,1-2H3,(H,18,19). The summed E-state index contributed by atoms with van der Waals surface area (Å²) < 4.78 is 1.48. The molecule has 0 amide bonds. The lowest BCUT2D eigenvalue weighted by atomic mass is 10.1. The molecule has 1 unspecified atom stereocenters. The zero-order valence-corrected chi connectivity index (χ0v) is 11.3. The van der Waals surface area contributed by atoms with E-state index in [0.717, 1.165) is 5.56 Å². The molecule has 0 spiro atoms. The lowest BCUT2D eigenvalue weighted by molar-refractivity contribution is -0.137. The van der Waals surface area contributed by atoms with E-state index in [9.17, 15) is 4.79 Å². The van der Waals surface area contributed by atoms with Crippen LogP contribution in [-0.4, -0.2) is 31.3 Å². The zero-order valence-electron chi connectivity index (χ0n) is 10.5. The molecule has 1 N–H and O–H groups in total. The van der Waals surface area contributed by atoms with Gasteiger partial charge in [-0.3, -0.25) is 4.79 Å². The number of halogens is 1. The summed E-state index contributed by atoms with van der Waals surface area (Å²) >= 11 is 6.24. The van der Waals surface area contributed by atoms with Crippen LogP contribution in [-0.2, 0) is 4.79 Å². The summed E-state index contributed by atoms with van der Waals surface area (Å²) in [7, 11) is 0. The number of nitrogens with zero attached hydrogens (tertiary/aromatic N) is 4. The second-order valence-corrected chi connectivity index (χ2v) is 4.71. The van der Waals surface area contributed by atoms with Crippen LogP contribution in [0.5, 0.6) is 0 Å². The van der Waals surface area contributed by atoms with E-state index in [1.165, 1.54) is 4.68 Å². The smallest absolute Gasteiger partial charge is 0.305 e. The van der Waals surface area contributed by atoms with Crippen molar-refractivity contribution in [3.05, 3.63) is 28.8 Å². The molecule has 7 heteroatoms. The predicted octanol–water partition coefficient (Wildman–Crippen LogP) is 2.34. The second kappa shape index (κ2) is 5.36. The molecule has 6 nitrogen and oxygen atoms in total. The van der Waals surface area contributed by atoms with Crippen LogP contribution in [0.1, 0.15) is 24.9 Å². The van der Waals surface area contributed by atoms with Crippen LogP contribution in [0.25, 0.3) is 11.4 Å². The van der Waals surface area contributed by atoms with Crippen LogP contribution >= 0.6 is 11.6 Å². The molecule has 2 rings (SSSR count). The number of benzene rings is 1. The Morgan fingerprint density at radius 2 is 2.26 bits per heavy atom. The number of aryl methyl sites for hydroxylation is 1. The largest absolute Gasteiger partial charge is 0.481 e. The molecule has 1 heterocycles. The molecule has 19 heavy (non-hydrogen) atoms. The molecule has 0 radical (unpaired) electrons. The summed E-state index contributed by atoms with van der Waals surface area (Å²) in [6.45, 7) is 3.64. The lowest BCUT2D eigenvalue weighted by Gasteiger charge is -2.12. The molecular formula is C12H13ClN4O2. The van der Waals surface area contributed by atoms with Crippen molar-refractivity contribution in [3.8, 4) is 11.4 Å². The highest BCUT2D eigenvalue weighted by Gasteiger charge is 2.19. The molecule has 2 aromatic rings. The van der Waals surface area contributed by atoms with Gasteiger partial charge in [-0.2, -0.15) is 0 Å². The molecule has 0 saturated heterocycles. The first-order chi connectivity index (χ1) is 9.00. The first-order valence-corrected chi connectivity index (χ1v) is 6.13. The van der Waals surface area contributed by atoms with Gasteiger partial charge >= 0.3 is 5.97 Å². The quantitative estimate of drug-likeness (QED) is 0.929. The highest BCUT2D eigenvalue weighted by Crippen LogP contribution is 2.30. The number of aromatic nitrogens is 4. The van der Waals surface area contributed by atoms with Crippen molar-refractivity contribution in [2.75, 3.05) is 0 Å². The van der Waals surface area contributed by atoms with Crippen LogP contribution in [0.15, 0.2) is 18.2 Å². The average Bonchev–Trinajstić information content (AvgIpc) is 2.80. The van der Waals surface area contributed by atoms with Gasteiger partial charge in [0.1, 0.15) is 0 Å². The molecule has 0 fully saturated rings. The van der Waals surface area contributed by atoms with E-state index >= 15 is 0 Å². The van der Waals surface area contributed by atoms with Crippen LogP contribution in [0, 0.1) is 6.92 Å². The molecule has 0 aliphatic carbocycles. The SMILES string of the molecule is Cc1cccc(-c2nnnn2C(C)CC(=O)O)c1Cl. The van der Waals surface area contributed by atoms with Gasteiger partial charge in [0, 0.05) is 5.56 Å². The Hall–Kier alpha value is -1.95. The van der Waals surface area contributed by atoms with E-state index in [-0.39, 0.29) is 12.5 Å². The number of tetrazole rings is 1. The van der Waals surface area contributed by atoms with Crippen LogP contribution in [0.3, 0.4) is 0 Å². The average molecular weight is 281 g/mol. The molecule has 100 valence electrons. The Morgan fingerprint density at radius 1 is 1.53 bits per heavy atom. The van der Waals surface area contributed by atoms with E-state index in [2.05, 4.69) is 15.5 Å². The monoisotopic (exact) mass is 280 g/mol. The number of carboxylic acids is 1. The van der Waals surface area contributed by atoms with E-state index < -0.39 is 5.97 Å². The van der Waals surface area contributed by atoms with Crippen LogP contribution in [0.4, 0.5) is 0 Å². The molecular weight excluding hydrogens is 268 g/mol. The Labute approximate surface area is 115 Å². The summed E-state index contributed by atoms with van der Waals surface area (Å²) in [4.78, 5) is 10.8. The number of rotatable bonds is 4. The molecule has 1 aromatic carbocycles. The fourth-order valence-electron chi connectivity index (χ4n) is 1.83. The predicted molar refractivity (Wildman–Crippen MR) is 70.0 cm³/mol. The molecule has 1 aromatic heterocycles. The molecule has 0 aliphatic heterocycles. The van der Waals surface area contributed by atoms with Crippen molar-refractivity contribution in [1.29, 1.82) is 0 Å². The zero-order chi connectivity index (χ0) is 14.0. The van der Waals surface area contributed by atoms with E-state index in [4.69, 9.17) is 16.7 Å². The Morgan fingerprint density at radius 3 is 2.95 bits per heavy atom. The summed E-state index contributed by atoms with van der Waals surface area (Å²) in [5, 5.41) is 20.8. The molecule has 0 bridgehead atoms. The van der Waals surface area contributed by atoms with Gasteiger partial charge in [-0.25, -0.2) is 4.68 Å². The van der Waals surface area contributed by atoms with Crippen molar-refractivity contribution in [3.63, 3.8) is 0 Å². The van der Waals surface area contributed by atoms with E-state index in [0.29, 0.717) is 16.4 Å². The van der Waals surface area contributed by atoms with Gasteiger partial charge in [0.05, 0.1) is 17.5 Å². The van der Waals surface area contributed by atoms with Gasteiger partial charge in [0.25, 0.3) is 0 Å². The number of aliphatic carboxylic acids is 1. The topological polar surface area (TPSA) is 80.9 Å². The van der Waals surface area contributed by atoms with E-state index in [1.54, 1.807) is 6.92 Å². The summed E-state index contributed by atoms with van der Waals surface area (Å²) in [5.74, 6) is -0.424. The number of carboxylic acid groups (broad SMARTS) is 1. The van der Waals surface area contributed by atoms with Gasteiger partial charge < -0.3 is 5.11 Å². The minimum absolute atomic E-state index is 0.0541. The fraction of sp³-hybridized carbons (Fsp3) is 0.333. The van der Waals surface area contributed by atoms with Gasteiger partial charge in [0.15, 0.2) is 5.82 Å². The first kappa shape index (κ1) is 13.5. The fourth-order valence-corrected chi connectivity index (χ4v) is 2.04. The van der Waals surface area contributed by atoms with Crippen LogP contribution in [0.2, 0.25) is 5.02 Å². The first-order valence-electron chi connectivity index (χ1n) is 5.76. The Balaban J connectivity index is 2.44. The third-order valence-corrected chi connectivity index (χ3v) is 3.31. The highest BCUT2D eigenvalue weighted by atomic mass is 35.5. The Kier molecular flexibility index (Phi) is 3.80. The summed E-state index contributed by atoms with van der Waals surface area (Å²) in [6.07, 6.45) is -0.0541. The number of carbonyl (C=O) groups is 1. The van der Waals surface area contributed by atoms with Crippen molar-refractivity contribution in [2.24, 2.45) is 0 Å². The maximum atomic E-state index is 10.8.